The molecule has 1 aromatic rings. The van der Waals surface area contributed by atoms with Crippen molar-refractivity contribution >= 4 is 41.2 Å². The van der Waals surface area contributed by atoms with E-state index in [1.54, 1.807) is 30.0 Å². The number of carbonyl (C=O) groups excluding carboxylic acids is 3. The number of amides is 4. The maximum Gasteiger partial charge on any atom is 0.338 e. The standard InChI is InChI=1S/C25H35Cl2N5O4/c1-5-32-20(15-30-10-7-11-31(13-12-30)24(34)28-16(3)4)21(23(33)36-6-2)22(29-25(32)35)17-8-9-18(26)19(27)14-17/h8-9,14,16,22H,5-7,10-13,15H2,1-4H3,(H,28,34)(H,29,35)/t22-/m1/s1. The molecule has 0 aliphatic carbocycles. The van der Waals surface area contributed by atoms with Gasteiger partial charge >= 0.3 is 18.0 Å². The molecule has 9 nitrogen and oxygen atoms in total. The fourth-order valence-corrected chi connectivity index (χ4v) is 4.79. The second kappa shape index (κ2) is 12.7. The molecule has 0 bridgehead atoms. The molecule has 1 saturated heterocycles. The number of hydrogen-bond acceptors (Lipinski definition) is 5. The Morgan fingerprint density at radius 2 is 1.89 bits per heavy atom. The van der Waals surface area contributed by atoms with E-state index in [0.717, 1.165) is 13.0 Å². The average molecular weight is 540 g/mol. The molecule has 4 amide bonds. The Hall–Kier alpha value is -2.49. The molecule has 0 spiro atoms. The van der Waals surface area contributed by atoms with Crippen LogP contribution in [0.3, 0.4) is 0 Å². The second-order valence-electron chi connectivity index (χ2n) is 9.10. The third-order valence-electron chi connectivity index (χ3n) is 6.19. The molecule has 0 unspecified atom stereocenters. The smallest absolute Gasteiger partial charge is 0.338 e. The van der Waals surface area contributed by atoms with Crippen molar-refractivity contribution in [3.05, 3.63) is 45.1 Å². The Labute approximate surface area is 222 Å². The molecule has 1 aromatic carbocycles. The van der Waals surface area contributed by atoms with Crippen molar-refractivity contribution in [3.8, 4) is 0 Å². The summed E-state index contributed by atoms with van der Waals surface area (Å²) < 4.78 is 5.43. The summed E-state index contributed by atoms with van der Waals surface area (Å²) in [6.45, 7) is 11.0. The Bertz CT molecular complexity index is 1020. The van der Waals surface area contributed by atoms with Crippen LogP contribution in [0.5, 0.6) is 0 Å². The minimum absolute atomic E-state index is 0.0614. The maximum atomic E-state index is 13.3. The first-order valence-corrected chi connectivity index (χ1v) is 13.1. The van der Waals surface area contributed by atoms with Crippen LogP contribution in [0.25, 0.3) is 0 Å². The zero-order valence-corrected chi connectivity index (χ0v) is 22.8. The molecule has 36 heavy (non-hydrogen) atoms. The monoisotopic (exact) mass is 539 g/mol. The Balaban J connectivity index is 1.95. The van der Waals surface area contributed by atoms with Gasteiger partial charge in [-0.05, 0) is 51.8 Å². The number of nitrogens with zero attached hydrogens (tertiary/aromatic N) is 3. The highest BCUT2D eigenvalue weighted by atomic mass is 35.5. The molecule has 1 atom stereocenters. The molecular formula is C25H35Cl2N5O4. The van der Waals surface area contributed by atoms with Crippen molar-refractivity contribution < 1.29 is 19.1 Å². The zero-order chi connectivity index (χ0) is 26.4. The average Bonchev–Trinajstić information content (AvgIpc) is 3.06. The number of hydrogen-bond donors (Lipinski definition) is 2. The second-order valence-corrected chi connectivity index (χ2v) is 9.92. The normalized spacial score (nSPS) is 19.3. The van der Waals surface area contributed by atoms with E-state index < -0.39 is 12.0 Å². The number of carbonyl (C=O) groups is 3. The van der Waals surface area contributed by atoms with E-state index in [4.69, 9.17) is 27.9 Å². The summed E-state index contributed by atoms with van der Waals surface area (Å²) >= 11 is 12.4. The van der Waals surface area contributed by atoms with Gasteiger partial charge in [-0.15, -0.1) is 0 Å². The van der Waals surface area contributed by atoms with Gasteiger partial charge in [0.2, 0.25) is 0 Å². The van der Waals surface area contributed by atoms with Crippen LogP contribution in [0, 0.1) is 0 Å². The van der Waals surface area contributed by atoms with Gasteiger partial charge in [0.15, 0.2) is 0 Å². The molecular weight excluding hydrogens is 505 g/mol. The van der Waals surface area contributed by atoms with Gasteiger partial charge in [0.1, 0.15) is 0 Å². The van der Waals surface area contributed by atoms with E-state index in [0.29, 0.717) is 59.6 Å². The molecule has 2 aliphatic heterocycles. The first-order chi connectivity index (χ1) is 17.2. The number of ether oxygens (including phenoxy) is 1. The predicted octanol–water partition coefficient (Wildman–Crippen LogP) is 4.02. The van der Waals surface area contributed by atoms with Crippen molar-refractivity contribution in [1.82, 2.24) is 25.3 Å². The SMILES string of the molecule is CCOC(=O)C1=C(CN2CCCN(C(=O)NC(C)C)CC2)N(CC)C(=O)N[C@@H]1c1ccc(Cl)c(Cl)c1. The number of benzene rings is 1. The van der Waals surface area contributed by atoms with Gasteiger partial charge in [-0.2, -0.15) is 0 Å². The highest BCUT2D eigenvalue weighted by Gasteiger charge is 2.38. The lowest BCUT2D eigenvalue weighted by Crippen LogP contribution is -2.51. The number of urea groups is 2. The van der Waals surface area contributed by atoms with Crippen molar-refractivity contribution in [2.45, 2.75) is 46.2 Å². The number of nitrogens with one attached hydrogen (secondary N) is 2. The minimum Gasteiger partial charge on any atom is -0.463 e. The number of esters is 1. The number of rotatable bonds is 7. The van der Waals surface area contributed by atoms with Gasteiger partial charge in [-0.1, -0.05) is 29.3 Å². The van der Waals surface area contributed by atoms with Crippen LogP contribution in [0.2, 0.25) is 10.0 Å². The third kappa shape index (κ3) is 6.63. The maximum absolute atomic E-state index is 13.3. The fourth-order valence-electron chi connectivity index (χ4n) is 4.48. The predicted molar refractivity (Wildman–Crippen MR) is 140 cm³/mol. The van der Waals surface area contributed by atoms with Crippen molar-refractivity contribution in [2.75, 3.05) is 45.9 Å². The molecule has 198 valence electrons. The molecule has 11 heteroatoms. The summed E-state index contributed by atoms with van der Waals surface area (Å²) in [6, 6.07) is 4.00. The summed E-state index contributed by atoms with van der Waals surface area (Å²) in [5, 5.41) is 6.60. The highest BCUT2D eigenvalue weighted by Crippen LogP contribution is 2.34. The summed E-state index contributed by atoms with van der Waals surface area (Å²) in [7, 11) is 0. The Morgan fingerprint density at radius 1 is 1.14 bits per heavy atom. The largest absolute Gasteiger partial charge is 0.463 e. The van der Waals surface area contributed by atoms with Gasteiger partial charge in [0, 0.05) is 51.0 Å². The lowest BCUT2D eigenvalue weighted by atomic mass is 9.94. The highest BCUT2D eigenvalue weighted by molar-refractivity contribution is 6.42. The van der Waals surface area contributed by atoms with E-state index >= 15 is 0 Å². The van der Waals surface area contributed by atoms with Gasteiger partial charge in [0.05, 0.1) is 28.3 Å². The van der Waals surface area contributed by atoms with Gasteiger partial charge < -0.3 is 20.3 Å². The lowest BCUT2D eigenvalue weighted by Gasteiger charge is -2.38. The summed E-state index contributed by atoms with van der Waals surface area (Å²) in [5.74, 6) is -0.491. The summed E-state index contributed by atoms with van der Waals surface area (Å²) in [6.07, 6.45) is 0.780. The van der Waals surface area contributed by atoms with Crippen molar-refractivity contribution in [2.24, 2.45) is 0 Å². The molecule has 0 saturated carbocycles. The number of halogens is 2. The van der Waals surface area contributed by atoms with E-state index in [2.05, 4.69) is 15.5 Å². The molecule has 0 aromatic heterocycles. The zero-order valence-electron chi connectivity index (χ0n) is 21.3. The quantitative estimate of drug-likeness (QED) is 0.510. The van der Waals surface area contributed by atoms with Crippen LogP contribution < -0.4 is 10.6 Å². The van der Waals surface area contributed by atoms with E-state index in [1.165, 1.54) is 0 Å². The molecule has 2 aliphatic rings. The molecule has 2 N–H and O–H groups in total. The van der Waals surface area contributed by atoms with Crippen LogP contribution in [-0.2, 0) is 9.53 Å². The van der Waals surface area contributed by atoms with Crippen LogP contribution >= 0.6 is 23.2 Å². The van der Waals surface area contributed by atoms with Crippen molar-refractivity contribution in [3.63, 3.8) is 0 Å². The van der Waals surface area contributed by atoms with Crippen molar-refractivity contribution in [1.29, 1.82) is 0 Å². The topological polar surface area (TPSA) is 94.2 Å². The third-order valence-corrected chi connectivity index (χ3v) is 6.93. The van der Waals surface area contributed by atoms with E-state index in [1.807, 2.05) is 25.7 Å². The summed E-state index contributed by atoms with van der Waals surface area (Å²) in [5.41, 5.74) is 1.60. The number of likely N-dealkylation sites (N-methyl/N-ethyl adjacent to an activating group) is 1. The van der Waals surface area contributed by atoms with Crippen LogP contribution in [0.1, 0.15) is 45.7 Å². The lowest BCUT2D eigenvalue weighted by molar-refractivity contribution is -0.139. The molecule has 0 radical (unpaired) electrons. The molecule has 1 fully saturated rings. The Kier molecular flexibility index (Phi) is 9.87. The van der Waals surface area contributed by atoms with E-state index in [-0.39, 0.29) is 24.7 Å². The molecule has 3 rings (SSSR count). The van der Waals surface area contributed by atoms with Gasteiger partial charge in [-0.3, -0.25) is 9.80 Å². The van der Waals surface area contributed by atoms with Crippen LogP contribution in [-0.4, -0.2) is 84.6 Å². The van der Waals surface area contributed by atoms with Gasteiger partial charge in [-0.25, -0.2) is 14.4 Å². The van der Waals surface area contributed by atoms with Gasteiger partial charge in [0.25, 0.3) is 0 Å². The fraction of sp³-hybridized carbons (Fsp3) is 0.560. The van der Waals surface area contributed by atoms with Crippen LogP contribution in [0.4, 0.5) is 9.59 Å². The summed E-state index contributed by atoms with van der Waals surface area (Å²) in [4.78, 5) is 44.5. The Morgan fingerprint density at radius 3 is 2.53 bits per heavy atom. The van der Waals surface area contributed by atoms with E-state index in [9.17, 15) is 14.4 Å². The minimum atomic E-state index is -0.732. The van der Waals surface area contributed by atoms with Crippen LogP contribution in [0.15, 0.2) is 29.5 Å². The first-order valence-electron chi connectivity index (χ1n) is 12.4. The first kappa shape index (κ1) is 28.1. The molecule has 2 heterocycles.